The molecule has 8 nitrogen and oxygen atoms in total. The quantitative estimate of drug-likeness (QED) is 0.601. The molecule has 1 aromatic rings. The van der Waals surface area contributed by atoms with E-state index in [0.29, 0.717) is 18.5 Å². The lowest BCUT2D eigenvalue weighted by molar-refractivity contribution is -0.145. The highest BCUT2D eigenvalue weighted by atomic mass is 32.2. The number of aromatic amines is 1. The number of carbonyl (C=O) groups excluding carboxylic acids is 2. The van der Waals surface area contributed by atoms with Gasteiger partial charge >= 0.3 is 5.97 Å². The van der Waals surface area contributed by atoms with Crippen molar-refractivity contribution in [2.75, 3.05) is 18.1 Å². The number of unbranched alkanes of at least 4 members (excludes halogenated alkanes) is 1. The van der Waals surface area contributed by atoms with Gasteiger partial charge < -0.3 is 10.1 Å². The van der Waals surface area contributed by atoms with Gasteiger partial charge in [0.1, 0.15) is 11.7 Å². The van der Waals surface area contributed by atoms with E-state index < -0.39 is 33.5 Å². The zero-order valence-corrected chi connectivity index (χ0v) is 15.1. The van der Waals surface area contributed by atoms with Crippen LogP contribution in [0.3, 0.4) is 0 Å². The van der Waals surface area contributed by atoms with Gasteiger partial charge in [0, 0.05) is 5.69 Å². The summed E-state index contributed by atoms with van der Waals surface area (Å²) >= 11 is 0. The molecule has 0 aliphatic heterocycles. The molecule has 0 radical (unpaired) electrons. The Morgan fingerprint density at radius 3 is 2.58 bits per heavy atom. The maximum Gasteiger partial charge on any atom is 0.329 e. The second-order valence-electron chi connectivity index (χ2n) is 5.60. The molecule has 0 fully saturated rings. The maximum atomic E-state index is 12.2. The van der Waals surface area contributed by atoms with Crippen LogP contribution in [0.25, 0.3) is 0 Å². The van der Waals surface area contributed by atoms with Crippen molar-refractivity contribution in [3.8, 4) is 0 Å². The van der Waals surface area contributed by atoms with Crippen molar-refractivity contribution < 1.29 is 22.7 Å². The Kier molecular flexibility index (Phi) is 7.90. The average molecular weight is 359 g/mol. The number of amides is 1. The first-order valence-corrected chi connectivity index (χ1v) is 9.81. The topological polar surface area (TPSA) is 118 Å². The molecule has 0 aromatic carbocycles. The van der Waals surface area contributed by atoms with Crippen molar-refractivity contribution in [3.05, 3.63) is 17.5 Å². The molecule has 24 heavy (non-hydrogen) atoms. The summed E-state index contributed by atoms with van der Waals surface area (Å²) in [6, 6.07) is 0.262. The van der Waals surface area contributed by atoms with E-state index in [4.69, 9.17) is 4.74 Å². The molecular formula is C15H25N3O5S. The largest absolute Gasteiger partial charge is 0.464 e. The van der Waals surface area contributed by atoms with Crippen LogP contribution < -0.4 is 5.32 Å². The molecule has 0 aliphatic carbocycles. The van der Waals surface area contributed by atoms with Crippen molar-refractivity contribution >= 4 is 21.7 Å². The standard InChI is InChI=1S/C15H25N3O5S/c1-4-6-8-24(21,22)10-13(15(20)23-7-5-2)16-14(19)12-9-11(3)17-18-12/h9,13H,4-8,10H2,1-3H3,(H,16,19)(H,17,18)/t13-/m1/s1. The Labute approximate surface area is 142 Å². The number of sulfone groups is 1. The van der Waals surface area contributed by atoms with Crippen molar-refractivity contribution in [2.24, 2.45) is 0 Å². The summed E-state index contributed by atoms with van der Waals surface area (Å²) in [6.45, 7) is 5.60. The number of H-pyrrole nitrogens is 1. The van der Waals surface area contributed by atoms with E-state index in [-0.39, 0.29) is 18.1 Å². The van der Waals surface area contributed by atoms with Gasteiger partial charge in [-0.1, -0.05) is 20.3 Å². The molecule has 1 amide bonds. The molecule has 1 rings (SSSR count). The fourth-order valence-corrected chi connectivity index (χ4v) is 3.56. The first-order valence-electron chi connectivity index (χ1n) is 7.99. The van der Waals surface area contributed by atoms with Crippen LogP contribution in [-0.4, -0.2) is 54.6 Å². The molecule has 2 N–H and O–H groups in total. The highest BCUT2D eigenvalue weighted by Gasteiger charge is 2.29. The third kappa shape index (κ3) is 6.69. The number of ether oxygens (including phenoxy) is 1. The highest BCUT2D eigenvalue weighted by molar-refractivity contribution is 7.91. The van der Waals surface area contributed by atoms with Gasteiger partial charge in [-0.2, -0.15) is 5.10 Å². The fraction of sp³-hybridized carbons (Fsp3) is 0.667. The molecule has 0 saturated heterocycles. The van der Waals surface area contributed by atoms with Crippen LogP contribution in [0.15, 0.2) is 6.07 Å². The number of nitrogens with one attached hydrogen (secondary N) is 2. The number of nitrogens with zero attached hydrogens (tertiary/aromatic N) is 1. The van der Waals surface area contributed by atoms with E-state index in [1.165, 1.54) is 6.07 Å². The number of rotatable bonds is 10. The van der Waals surface area contributed by atoms with Gasteiger partial charge in [-0.25, -0.2) is 13.2 Å². The minimum atomic E-state index is -3.48. The lowest BCUT2D eigenvalue weighted by atomic mass is 10.3. The van der Waals surface area contributed by atoms with E-state index in [2.05, 4.69) is 15.5 Å². The van der Waals surface area contributed by atoms with Gasteiger partial charge in [-0.05, 0) is 25.8 Å². The molecule has 9 heteroatoms. The molecule has 1 aromatic heterocycles. The fourth-order valence-electron chi connectivity index (χ4n) is 1.94. The van der Waals surface area contributed by atoms with Crippen LogP contribution in [0.1, 0.15) is 49.3 Å². The molecule has 1 atom stereocenters. The molecule has 0 bridgehead atoms. The minimum absolute atomic E-state index is 0.0293. The van der Waals surface area contributed by atoms with Crippen LogP contribution >= 0.6 is 0 Å². The predicted octanol–water partition coefficient (Wildman–Crippen LogP) is 0.985. The SMILES string of the molecule is CCCCS(=O)(=O)C[C@@H](NC(=O)c1cc(C)[nH]n1)C(=O)OCCC. The number of esters is 1. The number of hydrogen-bond acceptors (Lipinski definition) is 6. The van der Waals surface area contributed by atoms with Gasteiger partial charge in [0.25, 0.3) is 5.91 Å². The Hall–Kier alpha value is -1.90. The van der Waals surface area contributed by atoms with Gasteiger partial charge in [-0.3, -0.25) is 9.89 Å². The lowest BCUT2D eigenvalue weighted by Crippen LogP contribution is -2.46. The van der Waals surface area contributed by atoms with E-state index >= 15 is 0 Å². The summed E-state index contributed by atoms with van der Waals surface area (Å²) in [6.07, 6.45) is 1.84. The highest BCUT2D eigenvalue weighted by Crippen LogP contribution is 2.05. The summed E-state index contributed by atoms with van der Waals surface area (Å²) in [5.74, 6) is -1.88. The lowest BCUT2D eigenvalue weighted by Gasteiger charge is -2.17. The molecule has 136 valence electrons. The monoisotopic (exact) mass is 359 g/mol. The molecule has 0 aliphatic rings. The Morgan fingerprint density at radius 2 is 2.04 bits per heavy atom. The predicted molar refractivity (Wildman–Crippen MR) is 89.4 cm³/mol. The van der Waals surface area contributed by atoms with Gasteiger partial charge in [0.05, 0.1) is 18.1 Å². The third-order valence-electron chi connectivity index (χ3n) is 3.21. The maximum absolute atomic E-state index is 12.2. The zero-order valence-electron chi connectivity index (χ0n) is 14.3. The van der Waals surface area contributed by atoms with E-state index in [1.54, 1.807) is 6.92 Å². The van der Waals surface area contributed by atoms with Gasteiger partial charge in [0.15, 0.2) is 9.84 Å². The van der Waals surface area contributed by atoms with Crippen molar-refractivity contribution in [1.29, 1.82) is 0 Å². The van der Waals surface area contributed by atoms with Crippen molar-refractivity contribution in [3.63, 3.8) is 0 Å². The van der Waals surface area contributed by atoms with E-state index in [9.17, 15) is 18.0 Å². The van der Waals surface area contributed by atoms with Gasteiger partial charge in [0.2, 0.25) is 0 Å². The summed E-state index contributed by atoms with van der Waals surface area (Å²) in [5.41, 5.74) is 0.771. The summed E-state index contributed by atoms with van der Waals surface area (Å²) in [5, 5.41) is 8.83. The second-order valence-corrected chi connectivity index (χ2v) is 7.83. The number of carbonyl (C=O) groups is 2. The molecule has 0 spiro atoms. The molecule has 0 saturated carbocycles. The summed E-state index contributed by atoms with van der Waals surface area (Å²) in [7, 11) is -3.48. The van der Waals surface area contributed by atoms with Crippen molar-refractivity contribution in [2.45, 2.75) is 46.1 Å². The number of aryl methyl sites for hydroxylation is 1. The van der Waals surface area contributed by atoms with Crippen LogP contribution in [0.2, 0.25) is 0 Å². The summed E-state index contributed by atoms with van der Waals surface area (Å²) in [4.78, 5) is 24.2. The third-order valence-corrected chi connectivity index (χ3v) is 4.96. The zero-order chi connectivity index (χ0) is 18.2. The average Bonchev–Trinajstić information content (AvgIpc) is 2.96. The van der Waals surface area contributed by atoms with Crippen LogP contribution in [0.5, 0.6) is 0 Å². The first-order chi connectivity index (χ1) is 11.3. The smallest absolute Gasteiger partial charge is 0.329 e. The molecule has 0 unspecified atom stereocenters. The molecule has 1 heterocycles. The van der Waals surface area contributed by atoms with Gasteiger partial charge in [-0.15, -0.1) is 0 Å². The first kappa shape index (κ1) is 20.1. The minimum Gasteiger partial charge on any atom is -0.464 e. The van der Waals surface area contributed by atoms with Crippen LogP contribution in [0.4, 0.5) is 0 Å². The van der Waals surface area contributed by atoms with E-state index in [1.807, 2.05) is 13.8 Å². The normalized spacial score (nSPS) is 12.6. The molecular weight excluding hydrogens is 334 g/mol. The Bertz CT molecular complexity index is 654. The van der Waals surface area contributed by atoms with Crippen LogP contribution in [0, 0.1) is 6.92 Å². The Balaban J connectivity index is 2.84. The summed E-state index contributed by atoms with van der Waals surface area (Å²) < 4.78 is 29.2. The van der Waals surface area contributed by atoms with Crippen molar-refractivity contribution in [1.82, 2.24) is 15.5 Å². The number of hydrogen-bond donors (Lipinski definition) is 2. The van der Waals surface area contributed by atoms with Crippen LogP contribution in [-0.2, 0) is 19.4 Å². The number of aromatic nitrogens is 2. The Morgan fingerprint density at radius 1 is 1.33 bits per heavy atom. The van der Waals surface area contributed by atoms with E-state index in [0.717, 1.165) is 6.42 Å². The second kappa shape index (κ2) is 9.41.